The fraction of sp³-hybridized carbons (Fsp3) is 0.519. The molecule has 0 atom stereocenters. The standard InChI is InChI=1S/C27H33ClFN5O4SSi/c1-14-8-15(17-16(36-5)9-31-21(28)19(17)29)18(22(30)35)20(32-14)23-33-34-24(39-23)37-13-26-10-27(11-26,12-26)38-40(6,7)25(2,3)4/h8-9H,10-13H2,1-7H3,(H2,30,35). The molecule has 214 valence electrons. The summed E-state index contributed by atoms with van der Waals surface area (Å²) in [6, 6.07) is 1.55. The van der Waals surface area contributed by atoms with Crippen molar-refractivity contribution in [2.45, 2.75) is 70.7 Å². The Balaban J connectivity index is 1.37. The van der Waals surface area contributed by atoms with Gasteiger partial charge in [0.2, 0.25) is 0 Å². The number of nitrogens with two attached hydrogens (primary N) is 1. The number of pyridine rings is 2. The molecule has 0 aliphatic heterocycles. The van der Waals surface area contributed by atoms with Gasteiger partial charge in [-0.05, 0) is 50.4 Å². The SMILES string of the molecule is COc1cnc(Cl)c(F)c1-c1cc(C)nc(-c2nnc(OCC34CC(O[Si](C)(C)C(C)(C)C)(C3)C4)s2)c1C(N)=O. The second kappa shape index (κ2) is 9.71. The molecule has 9 nitrogen and oxygen atoms in total. The molecule has 3 aliphatic rings. The third-order valence-electron chi connectivity index (χ3n) is 8.31. The van der Waals surface area contributed by atoms with Gasteiger partial charge in [-0.1, -0.05) is 48.8 Å². The second-order valence-electron chi connectivity index (χ2n) is 12.4. The highest BCUT2D eigenvalue weighted by atomic mass is 35.5. The van der Waals surface area contributed by atoms with Gasteiger partial charge in [-0.3, -0.25) is 4.79 Å². The van der Waals surface area contributed by atoms with E-state index in [0.29, 0.717) is 22.5 Å². The molecule has 0 aromatic carbocycles. The predicted octanol–water partition coefficient (Wildman–Crippen LogP) is 6.19. The van der Waals surface area contributed by atoms with Crippen molar-refractivity contribution in [1.82, 2.24) is 20.2 Å². The summed E-state index contributed by atoms with van der Waals surface area (Å²) >= 11 is 7.11. The van der Waals surface area contributed by atoms with E-state index in [1.165, 1.54) is 13.3 Å². The fourth-order valence-corrected chi connectivity index (χ4v) is 8.00. The average molecular weight is 606 g/mol. The number of amides is 1. The number of halogens is 2. The summed E-state index contributed by atoms with van der Waals surface area (Å²) < 4.78 is 33.3. The van der Waals surface area contributed by atoms with Gasteiger partial charge in [0.1, 0.15) is 11.4 Å². The largest absolute Gasteiger partial charge is 0.494 e. The molecule has 2 bridgehead atoms. The van der Waals surface area contributed by atoms with Gasteiger partial charge < -0.3 is 19.6 Å². The first-order valence-electron chi connectivity index (χ1n) is 13.0. The van der Waals surface area contributed by atoms with Crippen molar-refractivity contribution >= 4 is 37.2 Å². The molecule has 0 saturated heterocycles. The summed E-state index contributed by atoms with van der Waals surface area (Å²) in [5.41, 5.74) is 6.65. The van der Waals surface area contributed by atoms with Crippen LogP contribution in [0.3, 0.4) is 0 Å². The van der Waals surface area contributed by atoms with Gasteiger partial charge in [-0.2, -0.15) is 0 Å². The molecule has 2 N–H and O–H groups in total. The van der Waals surface area contributed by atoms with Crippen LogP contribution in [0.5, 0.6) is 10.9 Å². The van der Waals surface area contributed by atoms with Crippen molar-refractivity contribution in [3.63, 3.8) is 0 Å². The average Bonchev–Trinajstić information content (AvgIpc) is 3.28. The zero-order valence-electron chi connectivity index (χ0n) is 23.6. The van der Waals surface area contributed by atoms with Gasteiger partial charge in [0, 0.05) is 16.7 Å². The van der Waals surface area contributed by atoms with Crippen LogP contribution < -0.4 is 15.2 Å². The molecular formula is C27H33ClFN5O4SSi. The molecule has 3 aromatic heterocycles. The van der Waals surface area contributed by atoms with Gasteiger partial charge in [0.25, 0.3) is 11.1 Å². The molecule has 3 saturated carbocycles. The number of nitrogens with zero attached hydrogens (tertiary/aromatic N) is 4. The lowest BCUT2D eigenvalue weighted by Crippen LogP contribution is -2.73. The van der Waals surface area contributed by atoms with Crippen LogP contribution in [0, 0.1) is 18.2 Å². The van der Waals surface area contributed by atoms with E-state index in [1.54, 1.807) is 13.0 Å². The summed E-state index contributed by atoms with van der Waals surface area (Å²) in [6.45, 7) is 13.6. The number of methoxy groups -OCH3 is 1. The van der Waals surface area contributed by atoms with Gasteiger partial charge in [0.15, 0.2) is 24.3 Å². The third-order valence-corrected chi connectivity index (χ3v) is 14.0. The lowest BCUT2D eigenvalue weighted by Gasteiger charge is -2.71. The van der Waals surface area contributed by atoms with Crippen molar-refractivity contribution in [3.05, 3.63) is 34.5 Å². The Kier molecular flexibility index (Phi) is 7.00. The van der Waals surface area contributed by atoms with Crippen LogP contribution in [-0.2, 0) is 4.43 Å². The van der Waals surface area contributed by atoms with E-state index in [9.17, 15) is 4.79 Å². The zero-order valence-corrected chi connectivity index (χ0v) is 26.2. The molecule has 40 heavy (non-hydrogen) atoms. The highest BCUT2D eigenvalue weighted by Crippen LogP contribution is 2.70. The molecule has 0 radical (unpaired) electrons. The highest BCUT2D eigenvalue weighted by Gasteiger charge is 2.70. The molecular weight excluding hydrogens is 573 g/mol. The number of aryl methyl sites for hydroxylation is 1. The number of ether oxygens (including phenoxy) is 2. The minimum atomic E-state index is -1.84. The summed E-state index contributed by atoms with van der Waals surface area (Å²) in [4.78, 5) is 21.0. The van der Waals surface area contributed by atoms with E-state index >= 15 is 4.39 Å². The maximum atomic E-state index is 15.2. The Morgan fingerprint density at radius 2 is 1.93 bits per heavy atom. The molecule has 3 aromatic rings. The molecule has 3 fully saturated rings. The van der Waals surface area contributed by atoms with E-state index in [1.807, 2.05) is 0 Å². The first-order valence-corrected chi connectivity index (χ1v) is 17.1. The smallest absolute Gasteiger partial charge is 0.294 e. The zero-order chi connectivity index (χ0) is 29.3. The molecule has 0 unspecified atom stereocenters. The number of carbonyl (C=O) groups is 1. The van der Waals surface area contributed by atoms with Crippen LogP contribution in [0.2, 0.25) is 23.3 Å². The molecule has 0 spiro atoms. The first kappa shape index (κ1) is 28.8. The minimum Gasteiger partial charge on any atom is -0.494 e. The monoisotopic (exact) mass is 605 g/mol. The summed E-state index contributed by atoms with van der Waals surface area (Å²) in [6.07, 6.45) is 4.22. The maximum absolute atomic E-state index is 15.2. The van der Waals surface area contributed by atoms with E-state index in [2.05, 4.69) is 54.0 Å². The summed E-state index contributed by atoms with van der Waals surface area (Å²) in [5, 5.41) is 8.89. The molecule has 3 aliphatic carbocycles. The maximum Gasteiger partial charge on any atom is 0.294 e. The van der Waals surface area contributed by atoms with Gasteiger partial charge in [-0.15, -0.1) is 5.10 Å². The fourth-order valence-electron chi connectivity index (χ4n) is 5.56. The number of rotatable bonds is 9. The van der Waals surface area contributed by atoms with E-state index in [4.69, 9.17) is 31.2 Å². The molecule has 13 heteroatoms. The number of hydrogen-bond acceptors (Lipinski definition) is 9. The number of carbonyl (C=O) groups excluding carboxylic acids is 1. The van der Waals surface area contributed by atoms with Crippen LogP contribution in [0.4, 0.5) is 4.39 Å². The topological polar surface area (TPSA) is 122 Å². The predicted molar refractivity (Wildman–Crippen MR) is 154 cm³/mol. The normalized spacial score (nSPS) is 21.9. The molecule has 3 heterocycles. The van der Waals surface area contributed by atoms with Crippen LogP contribution in [-0.4, -0.2) is 53.7 Å². The van der Waals surface area contributed by atoms with E-state index in [0.717, 1.165) is 30.6 Å². The Hall–Kier alpha value is -2.67. The number of hydrogen-bond donors (Lipinski definition) is 1. The van der Waals surface area contributed by atoms with Crippen LogP contribution in [0.15, 0.2) is 12.3 Å². The van der Waals surface area contributed by atoms with E-state index in [-0.39, 0.29) is 49.3 Å². The van der Waals surface area contributed by atoms with Crippen molar-refractivity contribution in [1.29, 1.82) is 0 Å². The lowest BCUT2D eigenvalue weighted by molar-refractivity contribution is -0.259. The lowest BCUT2D eigenvalue weighted by atomic mass is 9.41. The number of aromatic nitrogens is 4. The Morgan fingerprint density at radius 3 is 2.52 bits per heavy atom. The van der Waals surface area contributed by atoms with E-state index < -0.39 is 20.0 Å². The molecule has 6 rings (SSSR count). The van der Waals surface area contributed by atoms with Crippen molar-refractivity contribution in [3.8, 4) is 32.8 Å². The summed E-state index contributed by atoms with van der Waals surface area (Å²) in [5.74, 6) is -1.56. The highest BCUT2D eigenvalue weighted by molar-refractivity contribution is 7.16. The quantitative estimate of drug-likeness (QED) is 0.226. The van der Waals surface area contributed by atoms with Crippen molar-refractivity contribution in [2.75, 3.05) is 13.7 Å². The Labute approximate surface area is 242 Å². The van der Waals surface area contributed by atoms with Crippen LogP contribution in [0.25, 0.3) is 21.8 Å². The Bertz CT molecular complexity index is 1490. The van der Waals surface area contributed by atoms with Crippen molar-refractivity contribution in [2.24, 2.45) is 11.1 Å². The first-order chi connectivity index (χ1) is 18.6. The third kappa shape index (κ3) is 4.88. The number of primary amides is 1. The van der Waals surface area contributed by atoms with Gasteiger partial charge in [0.05, 0.1) is 36.6 Å². The Morgan fingerprint density at radius 1 is 1.25 bits per heavy atom. The van der Waals surface area contributed by atoms with Crippen LogP contribution >= 0.6 is 22.9 Å². The molecule has 1 amide bonds. The van der Waals surface area contributed by atoms with Crippen LogP contribution in [0.1, 0.15) is 56.1 Å². The van der Waals surface area contributed by atoms with Gasteiger partial charge >= 0.3 is 0 Å². The second-order valence-corrected chi connectivity index (χ2v) is 18.5. The summed E-state index contributed by atoms with van der Waals surface area (Å²) in [7, 11) is -0.466. The van der Waals surface area contributed by atoms with Crippen molar-refractivity contribution < 1.29 is 23.1 Å². The van der Waals surface area contributed by atoms with Gasteiger partial charge in [-0.25, -0.2) is 14.4 Å². The minimum absolute atomic E-state index is 0.0108.